The van der Waals surface area contributed by atoms with Gasteiger partial charge in [0.05, 0.1) is 0 Å². The lowest BCUT2D eigenvalue weighted by molar-refractivity contribution is 0.263. The zero-order chi connectivity index (χ0) is 11.5. The lowest BCUT2D eigenvalue weighted by Crippen LogP contribution is -2.31. The van der Waals surface area contributed by atoms with Crippen molar-refractivity contribution in [2.75, 3.05) is 27.2 Å². The van der Waals surface area contributed by atoms with Crippen molar-refractivity contribution in [3.8, 4) is 5.75 Å². The number of phenolic OH excluding ortho intramolecular Hbond substituents is 1. The first-order chi connectivity index (χ1) is 7.66. The zero-order valence-corrected chi connectivity index (χ0v) is 10.1. The molecule has 1 unspecified atom stereocenters. The van der Waals surface area contributed by atoms with Gasteiger partial charge < -0.3 is 10.0 Å². The second kappa shape index (κ2) is 4.85. The SMILES string of the molecule is CN(C)C1CCN(Cc2ccccc2O)C1. The Bertz CT molecular complexity index is 352. The molecule has 1 saturated heterocycles. The second-order valence-electron chi connectivity index (χ2n) is 4.77. The van der Waals surface area contributed by atoms with E-state index in [1.54, 1.807) is 6.07 Å². The number of phenols is 1. The van der Waals surface area contributed by atoms with E-state index in [1.165, 1.54) is 6.42 Å². The number of para-hydroxylation sites is 1. The molecule has 0 amide bonds. The average Bonchev–Trinajstić information content (AvgIpc) is 2.70. The summed E-state index contributed by atoms with van der Waals surface area (Å²) < 4.78 is 0. The first kappa shape index (κ1) is 11.4. The van der Waals surface area contributed by atoms with Gasteiger partial charge in [-0.3, -0.25) is 4.90 Å². The van der Waals surface area contributed by atoms with Gasteiger partial charge in [0, 0.05) is 31.2 Å². The molecular formula is C13H20N2O. The van der Waals surface area contributed by atoms with Gasteiger partial charge in [0.15, 0.2) is 0 Å². The van der Waals surface area contributed by atoms with Crippen molar-refractivity contribution in [3.05, 3.63) is 29.8 Å². The first-order valence-corrected chi connectivity index (χ1v) is 5.82. The summed E-state index contributed by atoms with van der Waals surface area (Å²) in [7, 11) is 4.27. The van der Waals surface area contributed by atoms with Crippen LogP contribution in [0.3, 0.4) is 0 Å². The molecule has 88 valence electrons. The van der Waals surface area contributed by atoms with E-state index in [9.17, 15) is 5.11 Å². The minimum atomic E-state index is 0.413. The van der Waals surface area contributed by atoms with Crippen LogP contribution in [0.5, 0.6) is 5.75 Å². The van der Waals surface area contributed by atoms with E-state index in [-0.39, 0.29) is 0 Å². The summed E-state index contributed by atoms with van der Waals surface area (Å²) in [6, 6.07) is 8.26. The van der Waals surface area contributed by atoms with E-state index in [0.29, 0.717) is 11.8 Å². The van der Waals surface area contributed by atoms with Crippen LogP contribution in [0.2, 0.25) is 0 Å². The highest BCUT2D eigenvalue weighted by molar-refractivity contribution is 5.31. The smallest absolute Gasteiger partial charge is 0.120 e. The van der Waals surface area contributed by atoms with Crippen molar-refractivity contribution >= 4 is 0 Å². The summed E-state index contributed by atoms with van der Waals surface area (Å²) >= 11 is 0. The van der Waals surface area contributed by atoms with Crippen molar-refractivity contribution in [3.63, 3.8) is 0 Å². The molecule has 2 rings (SSSR count). The van der Waals surface area contributed by atoms with E-state index in [2.05, 4.69) is 23.9 Å². The third-order valence-electron chi connectivity index (χ3n) is 3.36. The third-order valence-corrected chi connectivity index (χ3v) is 3.36. The van der Waals surface area contributed by atoms with E-state index in [0.717, 1.165) is 25.2 Å². The van der Waals surface area contributed by atoms with Gasteiger partial charge in [0.2, 0.25) is 0 Å². The molecule has 1 aromatic carbocycles. The molecule has 0 aliphatic carbocycles. The molecule has 0 aromatic heterocycles. The largest absolute Gasteiger partial charge is 0.508 e. The lowest BCUT2D eigenvalue weighted by atomic mass is 10.2. The maximum atomic E-state index is 9.71. The fourth-order valence-corrected chi connectivity index (χ4v) is 2.26. The predicted molar refractivity (Wildman–Crippen MR) is 65.5 cm³/mol. The molecule has 0 spiro atoms. The highest BCUT2D eigenvalue weighted by atomic mass is 16.3. The molecular weight excluding hydrogens is 200 g/mol. The van der Waals surface area contributed by atoms with Gasteiger partial charge in [-0.2, -0.15) is 0 Å². The molecule has 16 heavy (non-hydrogen) atoms. The monoisotopic (exact) mass is 220 g/mol. The van der Waals surface area contributed by atoms with Crippen LogP contribution in [0, 0.1) is 0 Å². The normalized spacial score (nSPS) is 21.8. The zero-order valence-electron chi connectivity index (χ0n) is 10.1. The van der Waals surface area contributed by atoms with Crippen LogP contribution in [0.4, 0.5) is 0 Å². The number of rotatable bonds is 3. The fourth-order valence-electron chi connectivity index (χ4n) is 2.26. The number of benzene rings is 1. The molecule has 1 aliphatic rings. The summed E-state index contributed by atoms with van der Waals surface area (Å²) in [5.74, 6) is 0.413. The molecule has 3 nitrogen and oxygen atoms in total. The molecule has 1 fully saturated rings. The van der Waals surface area contributed by atoms with Crippen LogP contribution in [0.25, 0.3) is 0 Å². The van der Waals surface area contributed by atoms with Crippen LogP contribution in [0.1, 0.15) is 12.0 Å². The van der Waals surface area contributed by atoms with Gasteiger partial charge in [-0.15, -0.1) is 0 Å². The van der Waals surface area contributed by atoms with Crippen molar-refractivity contribution in [1.29, 1.82) is 0 Å². The van der Waals surface area contributed by atoms with Crippen LogP contribution in [-0.4, -0.2) is 48.1 Å². The Kier molecular flexibility index (Phi) is 3.46. The van der Waals surface area contributed by atoms with Crippen LogP contribution in [0.15, 0.2) is 24.3 Å². The first-order valence-electron chi connectivity index (χ1n) is 5.82. The number of nitrogens with zero attached hydrogens (tertiary/aromatic N) is 2. The van der Waals surface area contributed by atoms with E-state index >= 15 is 0 Å². The molecule has 1 heterocycles. The Hall–Kier alpha value is -1.06. The quantitative estimate of drug-likeness (QED) is 0.837. The molecule has 1 atom stereocenters. The average molecular weight is 220 g/mol. The molecule has 0 bridgehead atoms. The third kappa shape index (κ3) is 2.54. The summed E-state index contributed by atoms with van der Waals surface area (Å²) in [6.45, 7) is 3.08. The topological polar surface area (TPSA) is 26.7 Å². The van der Waals surface area contributed by atoms with Crippen molar-refractivity contribution < 1.29 is 5.11 Å². The number of likely N-dealkylation sites (N-methyl/N-ethyl adjacent to an activating group) is 1. The standard InChI is InChI=1S/C13H20N2O/c1-14(2)12-7-8-15(10-12)9-11-5-3-4-6-13(11)16/h3-6,12,16H,7-10H2,1-2H3. The lowest BCUT2D eigenvalue weighted by Gasteiger charge is -2.20. The maximum Gasteiger partial charge on any atom is 0.120 e. The van der Waals surface area contributed by atoms with E-state index < -0.39 is 0 Å². The second-order valence-corrected chi connectivity index (χ2v) is 4.77. The number of aromatic hydroxyl groups is 1. The minimum Gasteiger partial charge on any atom is -0.508 e. The van der Waals surface area contributed by atoms with Gasteiger partial charge in [0.25, 0.3) is 0 Å². The molecule has 0 saturated carbocycles. The summed E-state index contributed by atoms with van der Waals surface area (Å²) in [6.07, 6.45) is 1.22. The van der Waals surface area contributed by atoms with Crippen LogP contribution in [-0.2, 0) is 6.54 Å². The Morgan fingerprint density at radius 2 is 2.12 bits per heavy atom. The van der Waals surface area contributed by atoms with Gasteiger partial charge in [0.1, 0.15) is 5.75 Å². The highest BCUT2D eigenvalue weighted by Crippen LogP contribution is 2.21. The predicted octanol–water partition coefficient (Wildman–Crippen LogP) is 1.53. The Balaban J connectivity index is 1.95. The van der Waals surface area contributed by atoms with Crippen LogP contribution >= 0.6 is 0 Å². The van der Waals surface area contributed by atoms with Crippen molar-refractivity contribution in [2.45, 2.75) is 19.0 Å². The number of likely N-dealkylation sites (tertiary alicyclic amines) is 1. The van der Waals surface area contributed by atoms with E-state index in [1.807, 2.05) is 18.2 Å². The highest BCUT2D eigenvalue weighted by Gasteiger charge is 2.24. The minimum absolute atomic E-state index is 0.413. The Morgan fingerprint density at radius 3 is 2.75 bits per heavy atom. The van der Waals surface area contributed by atoms with Gasteiger partial charge >= 0.3 is 0 Å². The summed E-state index contributed by atoms with van der Waals surface area (Å²) in [4.78, 5) is 4.69. The molecule has 0 radical (unpaired) electrons. The molecule has 1 N–H and O–H groups in total. The van der Waals surface area contributed by atoms with Crippen LogP contribution < -0.4 is 0 Å². The summed E-state index contributed by atoms with van der Waals surface area (Å²) in [5.41, 5.74) is 1.03. The maximum absolute atomic E-state index is 9.71. The Morgan fingerprint density at radius 1 is 1.38 bits per heavy atom. The molecule has 1 aliphatic heterocycles. The molecule has 3 heteroatoms. The van der Waals surface area contributed by atoms with Gasteiger partial charge in [-0.1, -0.05) is 18.2 Å². The van der Waals surface area contributed by atoms with Gasteiger partial charge in [-0.25, -0.2) is 0 Å². The Labute approximate surface area is 97.3 Å². The van der Waals surface area contributed by atoms with Gasteiger partial charge in [-0.05, 0) is 26.6 Å². The number of hydrogen-bond donors (Lipinski definition) is 1. The summed E-state index contributed by atoms with van der Waals surface area (Å²) in [5, 5.41) is 9.71. The van der Waals surface area contributed by atoms with E-state index in [4.69, 9.17) is 0 Å². The number of hydrogen-bond acceptors (Lipinski definition) is 3. The van der Waals surface area contributed by atoms with Crippen molar-refractivity contribution in [1.82, 2.24) is 9.80 Å². The fraction of sp³-hybridized carbons (Fsp3) is 0.538. The molecule has 1 aromatic rings. The van der Waals surface area contributed by atoms with Crippen molar-refractivity contribution in [2.24, 2.45) is 0 Å².